The van der Waals surface area contributed by atoms with Crippen LogP contribution in [0.15, 0.2) is 18.2 Å². The number of aliphatic hydroxyl groups is 1. The number of benzene rings is 1. The normalized spacial score (nSPS) is 11.7. The van der Waals surface area contributed by atoms with Gasteiger partial charge in [-0.25, -0.2) is 9.18 Å². The van der Waals surface area contributed by atoms with Crippen LogP contribution < -0.4 is 15.8 Å². The molecule has 4 N–H and O–H groups in total. The molecule has 1 rings (SSSR count). The fourth-order valence-electron chi connectivity index (χ4n) is 1.21. The van der Waals surface area contributed by atoms with Crippen molar-refractivity contribution in [3.63, 3.8) is 0 Å². The Labute approximate surface area is 103 Å². The van der Waals surface area contributed by atoms with Gasteiger partial charge in [-0.05, 0) is 24.6 Å². The van der Waals surface area contributed by atoms with E-state index in [4.69, 9.17) is 10.5 Å². The second-order valence-corrected chi connectivity index (χ2v) is 3.57. The Kier molecular flexibility index (Phi) is 4.61. The van der Waals surface area contributed by atoms with E-state index in [0.29, 0.717) is 5.56 Å². The topological polar surface area (TPSA) is 102 Å². The van der Waals surface area contributed by atoms with Crippen molar-refractivity contribution < 1.29 is 23.8 Å². The third kappa shape index (κ3) is 4.02. The number of carbonyl (C=O) groups is 2. The summed E-state index contributed by atoms with van der Waals surface area (Å²) in [5.74, 6) is -1.64. The molecule has 98 valence electrons. The van der Waals surface area contributed by atoms with E-state index in [-0.39, 0.29) is 5.75 Å². The van der Waals surface area contributed by atoms with Gasteiger partial charge in [0.15, 0.2) is 18.2 Å². The molecule has 0 saturated carbocycles. The molecule has 0 aliphatic heterocycles. The molecule has 1 aromatic carbocycles. The zero-order valence-electron chi connectivity index (χ0n) is 9.64. The van der Waals surface area contributed by atoms with Crippen LogP contribution in [0.3, 0.4) is 0 Å². The summed E-state index contributed by atoms with van der Waals surface area (Å²) in [4.78, 5) is 21.4. The molecule has 1 atom stereocenters. The predicted octanol–water partition coefficient (Wildman–Crippen LogP) is 0.453. The molecule has 6 nitrogen and oxygen atoms in total. The summed E-state index contributed by atoms with van der Waals surface area (Å²) in [6.07, 6.45) is -0.799. The molecule has 0 bridgehead atoms. The van der Waals surface area contributed by atoms with Gasteiger partial charge in [-0.3, -0.25) is 10.1 Å². The van der Waals surface area contributed by atoms with Crippen LogP contribution in [0.2, 0.25) is 0 Å². The molecule has 0 heterocycles. The van der Waals surface area contributed by atoms with E-state index in [1.54, 1.807) is 5.32 Å². The molecule has 7 heteroatoms. The molecule has 0 aliphatic rings. The molecule has 0 radical (unpaired) electrons. The van der Waals surface area contributed by atoms with Crippen molar-refractivity contribution in [2.24, 2.45) is 5.73 Å². The van der Waals surface area contributed by atoms with Gasteiger partial charge < -0.3 is 15.6 Å². The first-order chi connectivity index (χ1) is 8.40. The number of primary amides is 1. The van der Waals surface area contributed by atoms with E-state index in [1.165, 1.54) is 19.1 Å². The minimum absolute atomic E-state index is 0.154. The smallest absolute Gasteiger partial charge is 0.318 e. The van der Waals surface area contributed by atoms with Crippen molar-refractivity contribution in [2.75, 3.05) is 6.61 Å². The number of nitrogens with one attached hydrogen (secondary N) is 1. The molecule has 1 unspecified atom stereocenters. The lowest BCUT2D eigenvalue weighted by atomic mass is 10.1. The molecule has 0 spiro atoms. The zero-order chi connectivity index (χ0) is 13.7. The highest BCUT2D eigenvalue weighted by molar-refractivity contribution is 5.94. The summed E-state index contributed by atoms with van der Waals surface area (Å²) >= 11 is 0. The quantitative estimate of drug-likeness (QED) is 0.728. The fourth-order valence-corrected chi connectivity index (χ4v) is 1.21. The SMILES string of the molecule is CC(O)c1ccc(OCC(=O)NC(N)=O)c(F)c1. The molecule has 0 aromatic heterocycles. The van der Waals surface area contributed by atoms with E-state index < -0.39 is 30.5 Å². The van der Waals surface area contributed by atoms with Gasteiger partial charge in [-0.2, -0.15) is 0 Å². The number of imide groups is 1. The Morgan fingerprint density at radius 3 is 2.72 bits per heavy atom. The lowest BCUT2D eigenvalue weighted by Gasteiger charge is -2.09. The van der Waals surface area contributed by atoms with Gasteiger partial charge in [-0.15, -0.1) is 0 Å². The summed E-state index contributed by atoms with van der Waals surface area (Å²) < 4.78 is 18.3. The third-order valence-electron chi connectivity index (χ3n) is 2.06. The van der Waals surface area contributed by atoms with Gasteiger partial charge in [0.25, 0.3) is 5.91 Å². The van der Waals surface area contributed by atoms with Crippen molar-refractivity contribution in [1.29, 1.82) is 0 Å². The van der Waals surface area contributed by atoms with Gasteiger partial charge in [0.1, 0.15) is 0 Å². The minimum atomic E-state index is -1.01. The highest BCUT2D eigenvalue weighted by Crippen LogP contribution is 2.21. The second kappa shape index (κ2) is 5.97. The number of hydrogen-bond donors (Lipinski definition) is 3. The summed E-state index contributed by atoms with van der Waals surface area (Å²) in [5.41, 5.74) is 5.11. The van der Waals surface area contributed by atoms with Crippen LogP contribution >= 0.6 is 0 Å². The molecule has 1 aromatic rings. The van der Waals surface area contributed by atoms with Crippen LogP contribution in [-0.2, 0) is 4.79 Å². The summed E-state index contributed by atoms with van der Waals surface area (Å²) in [5, 5.41) is 11.0. The van der Waals surface area contributed by atoms with Crippen LogP contribution in [0.4, 0.5) is 9.18 Å². The number of urea groups is 1. The summed E-state index contributed by atoms with van der Waals surface area (Å²) in [6.45, 7) is 0.962. The number of ether oxygens (including phenoxy) is 1. The van der Waals surface area contributed by atoms with Crippen molar-refractivity contribution in [2.45, 2.75) is 13.0 Å². The Balaban J connectivity index is 2.63. The Bertz CT molecular complexity index is 462. The van der Waals surface area contributed by atoms with E-state index in [9.17, 15) is 19.1 Å². The maximum absolute atomic E-state index is 13.5. The first-order valence-corrected chi connectivity index (χ1v) is 5.09. The largest absolute Gasteiger partial charge is 0.481 e. The third-order valence-corrected chi connectivity index (χ3v) is 2.06. The lowest BCUT2D eigenvalue weighted by Crippen LogP contribution is -2.38. The van der Waals surface area contributed by atoms with E-state index in [2.05, 4.69) is 0 Å². The number of carbonyl (C=O) groups excluding carboxylic acids is 2. The van der Waals surface area contributed by atoms with E-state index >= 15 is 0 Å². The highest BCUT2D eigenvalue weighted by atomic mass is 19.1. The summed E-state index contributed by atoms with van der Waals surface area (Å²) in [7, 11) is 0. The Morgan fingerprint density at radius 1 is 1.56 bits per heavy atom. The number of amides is 3. The van der Waals surface area contributed by atoms with Crippen LogP contribution in [0.25, 0.3) is 0 Å². The van der Waals surface area contributed by atoms with Crippen LogP contribution in [0.1, 0.15) is 18.6 Å². The zero-order valence-corrected chi connectivity index (χ0v) is 9.64. The Hall–Kier alpha value is -2.15. The average molecular weight is 256 g/mol. The molecule has 0 fully saturated rings. The number of hydrogen-bond acceptors (Lipinski definition) is 4. The van der Waals surface area contributed by atoms with Crippen LogP contribution in [0.5, 0.6) is 5.75 Å². The molecule has 18 heavy (non-hydrogen) atoms. The van der Waals surface area contributed by atoms with Gasteiger partial charge in [-0.1, -0.05) is 6.07 Å². The van der Waals surface area contributed by atoms with Gasteiger partial charge in [0, 0.05) is 0 Å². The van der Waals surface area contributed by atoms with E-state index in [0.717, 1.165) is 6.07 Å². The standard InChI is InChI=1S/C11H13FN2O4/c1-6(15)7-2-3-9(8(12)4-7)18-5-10(16)14-11(13)17/h2-4,6,15H,5H2,1H3,(H3,13,14,16,17). The predicted molar refractivity (Wildman–Crippen MR) is 60.3 cm³/mol. The molecule has 3 amide bonds. The fraction of sp³-hybridized carbons (Fsp3) is 0.273. The van der Waals surface area contributed by atoms with Crippen molar-refractivity contribution in [3.05, 3.63) is 29.6 Å². The maximum Gasteiger partial charge on any atom is 0.318 e. The number of rotatable bonds is 4. The molecular weight excluding hydrogens is 243 g/mol. The first kappa shape index (κ1) is 13.9. The summed E-state index contributed by atoms with van der Waals surface area (Å²) in [6, 6.07) is 2.85. The first-order valence-electron chi connectivity index (χ1n) is 5.09. The number of halogens is 1. The Morgan fingerprint density at radius 2 is 2.22 bits per heavy atom. The number of nitrogens with two attached hydrogens (primary N) is 1. The van der Waals surface area contributed by atoms with Crippen LogP contribution in [-0.4, -0.2) is 23.7 Å². The van der Waals surface area contributed by atoms with Crippen molar-refractivity contribution in [1.82, 2.24) is 5.32 Å². The lowest BCUT2D eigenvalue weighted by molar-refractivity contribution is -0.121. The van der Waals surface area contributed by atoms with Gasteiger partial charge in [0.2, 0.25) is 0 Å². The maximum atomic E-state index is 13.5. The average Bonchev–Trinajstić information content (AvgIpc) is 2.26. The van der Waals surface area contributed by atoms with Crippen LogP contribution in [0, 0.1) is 5.82 Å². The molecular formula is C11H13FN2O4. The minimum Gasteiger partial charge on any atom is -0.481 e. The van der Waals surface area contributed by atoms with Gasteiger partial charge in [0.05, 0.1) is 6.10 Å². The molecule has 0 aliphatic carbocycles. The second-order valence-electron chi connectivity index (χ2n) is 3.57. The highest BCUT2D eigenvalue weighted by Gasteiger charge is 2.10. The van der Waals surface area contributed by atoms with E-state index in [1.807, 2.05) is 0 Å². The van der Waals surface area contributed by atoms with Crippen molar-refractivity contribution in [3.8, 4) is 5.75 Å². The molecule has 0 saturated heterocycles. The number of aliphatic hydroxyl groups excluding tert-OH is 1. The monoisotopic (exact) mass is 256 g/mol. The van der Waals surface area contributed by atoms with Crippen molar-refractivity contribution >= 4 is 11.9 Å². The van der Waals surface area contributed by atoms with Gasteiger partial charge >= 0.3 is 6.03 Å².